The van der Waals surface area contributed by atoms with Gasteiger partial charge in [0.05, 0.1) is 6.10 Å². The molecule has 3 atom stereocenters. The van der Waals surface area contributed by atoms with Crippen LogP contribution in [-0.4, -0.2) is 17.6 Å². The van der Waals surface area contributed by atoms with Gasteiger partial charge in [-0.25, -0.2) is 0 Å². The van der Waals surface area contributed by atoms with E-state index in [0.717, 1.165) is 24.8 Å². The van der Waals surface area contributed by atoms with Crippen molar-refractivity contribution in [3.63, 3.8) is 0 Å². The highest BCUT2D eigenvalue weighted by Gasteiger charge is 2.24. The van der Waals surface area contributed by atoms with Gasteiger partial charge in [0.2, 0.25) is 5.91 Å². The second kappa shape index (κ2) is 7.44. The van der Waals surface area contributed by atoms with Gasteiger partial charge < -0.3 is 10.4 Å². The summed E-state index contributed by atoms with van der Waals surface area (Å²) in [6.07, 6.45) is 4.49. The Labute approximate surface area is 121 Å². The fourth-order valence-corrected chi connectivity index (χ4v) is 2.99. The molecule has 0 aromatic heterocycles. The van der Waals surface area contributed by atoms with Crippen LogP contribution in [0.15, 0.2) is 30.3 Å². The van der Waals surface area contributed by atoms with Crippen LogP contribution in [0.3, 0.4) is 0 Å². The van der Waals surface area contributed by atoms with Gasteiger partial charge in [0.25, 0.3) is 0 Å². The van der Waals surface area contributed by atoms with E-state index in [1.54, 1.807) is 0 Å². The number of carbonyl (C=O) groups excluding carboxylic acids is 1. The number of amides is 1. The van der Waals surface area contributed by atoms with Crippen LogP contribution in [0, 0.1) is 11.8 Å². The summed E-state index contributed by atoms with van der Waals surface area (Å²) in [5, 5.41) is 13.0. The number of hydrogen-bond acceptors (Lipinski definition) is 2. The molecule has 1 aromatic carbocycles. The lowest BCUT2D eigenvalue weighted by Crippen LogP contribution is -2.34. The SMILES string of the molecule is CC1CCCC(C(=O)NCCC(O)c2ccccc2)C1. The van der Waals surface area contributed by atoms with Crippen LogP contribution < -0.4 is 5.32 Å². The molecule has 1 aromatic rings. The predicted octanol–water partition coefficient (Wildman–Crippen LogP) is 3.05. The van der Waals surface area contributed by atoms with Gasteiger partial charge in [0.15, 0.2) is 0 Å². The fourth-order valence-electron chi connectivity index (χ4n) is 2.99. The lowest BCUT2D eigenvalue weighted by molar-refractivity contribution is -0.126. The highest BCUT2D eigenvalue weighted by Crippen LogP contribution is 2.28. The molecule has 0 radical (unpaired) electrons. The van der Waals surface area contributed by atoms with Gasteiger partial charge in [-0.15, -0.1) is 0 Å². The third-order valence-corrected chi connectivity index (χ3v) is 4.21. The van der Waals surface area contributed by atoms with E-state index in [0.29, 0.717) is 18.9 Å². The smallest absolute Gasteiger partial charge is 0.223 e. The van der Waals surface area contributed by atoms with Crippen LogP contribution in [0.5, 0.6) is 0 Å². The van der Waals surface area contributed by atoms with Gasteiger partial charge in [-0.2, -0.15) is 0 Å². The van der Waals surface area contributed by atoms with Crippen LogP contribution in [0.4, 0.5) is 0 Å². The summed E-state index contributed by atoms with van der Waals surface area (Å²) in [5.74, 6) is 0.999. The molecule has 1 aliphatic rings. The Bertz CT molecular complexity index is 418. The molecule has 2 rings (SSSR count). The van der Waals surface area contributed by atoms with E-state index >= 15 is 0 Å². The zero-order valence-corrected chi connectivity index (χ0v) is 12.2. The summed E-state index contributed by atoms with van der Waals surface area (Å²) in [5.41, 5.74) is 0.910. The standard InChI is InChI=1S/C17H25NO2/c1-13-6-5-9-15(12-13)17(20)18-11-10-16(19)14-7-3-2-4-8-14/h2-4,7-8,13,15-16,19H,5-6,9-12H2,1H3,(H,18,20). The van der Waals surface area contributed by atoms with Crippen LogP contribution in [0.25, 0.3) is 0 Å². The summed E-state index contributed by atoms with van der Waals surface area (Å²) in [4.78, 5) is 12.1. The molecular weight excluding hydrogens is 250 g/mol. The van der Waals surface area contributed by atoms with Crippen LogP contribution in [0.2, 0.25) is 0 Å². The summed E-state index contributed by atoms with van der Waals surface area (Å²) in [6, 6.07) is 9.59. The first-order valence-electron chi connectivity index (χ1n) is 7.67. The van der Waals surface area contributed by atoms with Gasteiger partial charge in [-0.3, -0.25) is 4.79 Å². The largest absolute Gasteiger partial charge is 0.388 e. The minimum Gasteiger partial charge on any atom is -0.388 e. The highest BCUT2D eigenvalue weighted by atomic mass is 16.3. The van der Waals surface area contributed by atoms with E-state index in [1.165, 1.54) is 6.42 Å². The number of benzene rings is 1. The van der Waals surface area contributed by atoms with Gasteiger partial charge in [-0.1, -0.05) is 50.1 Å². The number of carbonyl (C=O) groups is 1. The zero-order chi connectivity index (χ0) is 14.4. The van der Waals surface area contributed by atoms with Crippen molar-refractivity contribution in [2.24, 2.45) is 11.8 Å². The molecule has 3 nitrogen and oxygen atoms in total. The second-order valence-electron chi connectivity index (χ2n) is 5.97. The van der Waals surface area contributed by atoms with E-state index in [2.05, 4.69) is 12.2 Å². The molecule has 20 heavy (non-hydrogen) atoms. The molecule has 1 fully saturated rings. The summed E-state index contributed by atoms with van der Waals surface area (Å²) in [6.45, 7) is 2.76. The summed E-state index contributed by atoms with van der Waals surface area (Å²) < 4.78 is 0. The third-order valence-electron chi connectivity index (χ3n) is 4.21. The lowest BCUT2D eigenvalue weighted by atomic mass is 9.82. The first kappa shape index (κ1) is 15.0. The van der Waals surface area contributed by atoms with Crippen molar-refractivity contribution in [1.82, 2.24) is 5.32 Å². The Morgan fingerprint density at radius 2 is 2.10 bits per heavy atom. The quantitative estimate of drug-likeness (QED) is 0.867. The molecule has 0 bridgehead atoms. The van der Waals surface area contributed by atoms with Gasteiger partial charge in [0, 0.05) is 12.5 Å². The number of rotatable bonds is 5. The van der Waals surface area contributed by atoms with E-state index in [4.69, 9.17) is 0 Å². The maximum atomic E-state index is 12.1. The Kier molecular flexibility index (Phi) is 5.60. The zero-order valence-electron chi connectivity index (χ0n) is 12.2. The summed E-state index contributed by atoms with van der Waals surface area (Å²) >= 11 is 0. The average molecular weight is 275 g/mol. The Morgan fingerprint density at radius 3 is 2.80 bits per heavy atom. The predicted molar refractivity (Wildman–Crippen MR) is 80.2 cm³/mol. The van der Waals surface area contributed by atoms with Crippen LogP contribution >= 0.6 is 0 Å². The molecule has 3 unspecified atom stereocenters. The normalized spacial score (nSPS) is 24.1. The van der Waals surface area contributed by atoms with Gasteiger partial charge >= 0.3 is 0 Å². The lowest BCUT2D eigenvalue weighted by Gasteiger charge is -2.25. The van der Waals surface area contributed by atoms with E-state index in [1.807, 2.05) is 30.3 Å². The highest BCUT2D eigenvalue weighted by molar-refractivity contribution is 5.78. The first-order valence-corrected chi connectivity index (χ1v) is 7.67. The van der Waals surface area contributed by atoms with E-state index < -0.39 is 6.10 Å². The molecule has 0 heterocycles. The molecule has 1 amide bonds. The molecular formula is C17H25NO2. The Morgan fingerprint density at radius 1 is 1.35 bits per heavy atom. The molecule has 0 spiro atoms. The molecule has 3 heteroatoms. The van der Waals surface area contributed by atoms with Crippen molar-refractivity contribution in [1.29, 1.82) is 0 Å². The maximum Gasteiger partial charge on any atom is 0.223 e. The molecule has 0 saturated heterocycles. The van der Waals surface area contributed by atoms with E-state index in [-0.39, 0.29) is 11.8 Å². The minimum atomic E-state index is -0.498. The monoisotopic (exact) mass is 275 g/mol. The van der Waals surface area contributed by atoms with Crippen LogP contribution in [-0.2, 0) is 4.79 Å². The molecule has 0 aliphatic heterocycles. The maximum absolute atomic E-state index is 12.1. The van der Waals surface area contributed by atoms with Crippen molar-refractivity contribution >= 4 is 5.91 Å². The van der Waals surface area contributed by atoms with Crippen molar-refractivity contribution in [2.75, 3.05) is 6.54 Å². The first-order chi connectivity index (χ1) is 9.66. The fraction of sp³-hybridized carbons (Fsp3) is 0.588. The molecule has 1 saturated carbocycles. The Balaban J connectivity index is 1.71. The molecule has 110 valence electrons. The number of aliphatic hydroxyl groups is 1. The van der Waals surface area contributed by atoms with E-state index in [9.17, 15) is 9.90 Å². The van der Waals surface area contributed by atoms with Crippen LogP contribution in [0.1, 0.15) is 50.7 Å². The minimum absolute atomic E-state index is 0.164. The molecule has 1 aliphatic carbocycles. The molecule has 2 N–H and O–H groups in total. The van der Waals surface area contributed by atoms with Gasteiger partial charge in [0.1, 0.15) is 0 Å². The van der Waals surface area contributed by atoms with Crippen molar-refractivity contribution in [2.45, 2.75) is 45.1 Å². The average Bonchev–Trinajstić information content (AvgIpc) is 2.48. The Hall–Kier alpha value is -1.35. The summed E-state index contributed by atoms with van der Waals surface area (Å²) in [7, 11) is 0. The second-order valence-corrected chi connectivity index (χ2v) is 5.97. The van der Waals surface area contributed by atoms with Crippen molar-refractivity contribution in [3.8, 4) is 0 Å². The van der Waals surface area contributed by atoms with Crippen molar-refractivity contribution in [3.05, 3.63) is 35.9 Å². The van der Waals surface area contributed by atoms with Crippen molar-refractivity contribution < 1.29 is 9.90 Å². The third kappa shape index (κ3) is 4.34. The number of aliphatic hydroxyl groups excluding tert-OH is 1. The van der Waals surface area contributed by atoms with Gasteiger partial charge in [-0.05, 0) is 30.7 Å². The number of nitrogens with one attached hydrogen (secondary N) is 1. The number of hydrogen-bond donors (Lipinski definition) is 2. The topological polar surface area (TPSA) is 49.3 Å².